The van der Waals surface area contributed by atoms with Gasteiger partial charge < -0.3 is 14.6 Å². The number of hydrogen-bond acceptors (Lipinski definition) is 5. The van der Waals surface area contributed by atoms with Crippen LogP contribution in [-0.2, 0) is 0 Å². The van der Waals surface area contributed by atoms with E-state index in [-0.39, 0.29) is 11.9 Å². The van der Waals surface area contributed by atoms with Crippen LogP contribution in [0.4, 0.5) is 0 Å². The SMILES string of the molecule is C=C1CC(c2nc3ccc(OC)cc3[nH]2)N(C(=O)c2ncsc2-c2cccc(Cl)c2)C1. The van der Waals surface area contributed by atoms with E-state index in [1.807, 2.05) is 42.5 Å². The van der Waals surface area contributed by atoms with E-state index in [0.717, 1.165) is 38.6 Å². The quantitative estimate of drug-likeness (QED) is 0.417. The van der Waals surface area contributed by atoms with E-state index in [9.17, 15) is 4.79 Å². The average molecular weight is 451 g/mol. The fraction of sp³-hybridized carbons (Fsp3) is 0.174. The fourth-order valence-electron chi connectivity index (χ4n) is 3.92. The highest BCUT2D eigenvalue weighted by Gasteiger charge is 2.36. The molecule has 1 atom stereocenters. The van der Waals surface area contributed by atoms with Gasteiger partial charge in [-0.15, -0.1) is 11.3 Å². The molecular weight excluding hydrogens is 432 g/mol. The molecule has 2 aromatic carbocycles. The highest BCUT2D eigenvalue weighted by molar-refractivity contribution is 7.13. The minimum Gasteiger partial charge on any atom is -0.497 e. The molecule has 1 unspecified atom stereocenters. The molecule has 1 amide bonds. The summed E-state index contributed by atoms with van der Waals surface area (Å²) in [4.78, 5) is 28.6. The zero-order valence-electron chi connectivity index (χ0n) is 16.8. The minimum atomic E-state index is -0.229. The van der Waals surface area contributed by atoms with Gasteiger partial charge in [0.05, 0.1) is 34.6 Å². The Hall–Kier alpha value is -3.16. The number of H-pyrrole nitrogens is 1. The number of amides is 1. The number of nitrogens with one attached hydrogen (secondary N) is 1. The van der Waals surface area contributed by atoms with Crippen LogP contribution >= 0.6 is 22.9 Å². The zero-order valence-corrected chi connectivity index (χ0v) is 18.3. The average Bonchev–Trinajstić information content (AvgIpc) is 3.50. The molecule has 6 nitrogen and oxygen atoms in total. The Kier molecular flexibility index (Phi) is 5.00. The number of ether oxygens (including phenoxy) is 1. The lowest BCUT2D eigenvalue weighted by atomic mass is 10.1. The standard InChI is InChI=1S/C23H19ClN4O2S/c1-13-8-19(22-26-17-7-6-16(30-2)10-18(17)27-22)28(11-13)23(29)20-21(31-12-25-20)14-4-3-5-15(24)9-14/h3-7,9-10,12,19H,1,8,11H2,2H3,(H,26,27). The number of halogens is 1. The maximum absolute atomic E-state index is 13.6. The van der Waals surface area contributed by atoms with E-state index in [4.69, 9.17) is 21.3 Å². The molecule has 4 aromatic rings. The van der Waals surface area contributed by atoms with Crippen molar-refractivity contribution in [2.45, 2.75) is 12.5 Å². The second-order valence-electron chi connectivity index (χ2n) is 7.45. The van der Waals surface area contributed by atoms with E-state index in [1.165, 1.54) is 11.3 Å². The first-order valence-electron chi connectivity index (χ1n) is 9.74. The van der Waals surface area contributed by atoms with Gasteiger partial charge in [0, 0.05) is 17.6 Å². The van der Waals surface area contributed by atoms with Crippen LogP contribution in [0.25, 0.3) is 21.5 Å². The second-order valence-corrected chi connectivity index (χ2v) is 8.74. The Morgan fingerprint density at radius 2 is 2.19 bits per heavy atom. The predicted octanol–water partition coefficient (Wildman–Crippen LogP) is 5.49. The number of likely N-dealkylation sites (tertiary alicyclic amines) is 1. The van der Waals surface area contributed by atoms with E-state index in [0.29, 0.717) is 23.7 Å². The first kappa shape index (κ1) is 19.8. The molecule has 8 heteroatoms. The molecule has 1 saturated heterocycles. The Bertz CT molecular complexity index is 1310. The second kappa shape index (κ2) is 7.83. The summed E-state index contributed by atoms with van der Waals surface area (Å²) in [6.07, 6.45) is 0.652. The molecule has 0 aliphatic carbocycles. The van der Waals surface area contributed by atoms with Crippen molar-refractivity contribution in [2.24, 2.45) is 0 Å². The van der Waals surface area contributed by atoms with E-state index in [1.54, 1.807) is 17.5 Å². The van der Waals surface area contributed by atoms with Crippen molar-refractivity contribution >= 4 is 39.9 Å². The molecule has 2 aromatic heterocycles. The van der Waals surface area contributed by atoms with Gasteiger partial charge in [0.2, 0.25) is 0 Å². The maximum atomic E-state index is 13.6. The number of carbonyl (C=O) groups excluding carboxylic acids is 1. The summed E-state index contributed by atoms with van der Waals surface area (Å²) < 4.78 is 5.30. The van der Waals surface area contributed by atoms with Gasteiger partial charge in [0.25, 0.3) is 5.91 Å². The third-order valence-corrected chi connectivity index (χ3v) is 6.50. The van der Waals surface area contributed by atoms with Crippen molar-refractivity contribution in [1.82, 2.24) is 19.9 Å². The maximum Gasteiger partial charge on any atom is 0.274 e. The number of methoxy groups -OCH3 is 1. The molecule has 1 aliphatic heterocycles. The Morgan fingerprint density at radius 3 is 3.00 bits per heavy atom. The van der Waals surface area contributed by atoms with E-state index >= 15 is 0 Å². The van der Waals surface area contributed by atoms with Crippen molar-refractivity contribution in [2.75, 3.05) is 13.7 Å². The number of rotatable bonds is 4. The lowest BCUT2D eigenvalue weighted by Crippen LogP contribution is -2.31. The Labute approximate surface area is 188 Å². The third-order valence-electron chi connectivity index (χ3n) is 5.39. The summed E-state index contributed by atoms with van der Waals surface area (Å²) in [6, 6.07) is 12.9. The highest BCUT2D eigenvalue weighted by Crippen LogP contribution is 2.37. The van der Waals surface area contributed by atoms with Crippen LogP contribution in [0.5, 0.6) is 5.75 Å². The van der Waals surface area contributed by atoms with E-state index in [2.05, 4.69) is 16.5 Å². The van der Waals surface area contributed by atoms with Crippen molar-refractivity contribution in [3.63, 3.8) is 0 Å². The lowest BCUT2D eigenvalue weighted by molar-refractivity contribution is 0.0728. The first-order chi connectivity index (χ1) is 15.0. The molecule has 5 rings (SSSR count). The van der Waals surface area contributed by atoms with Crippen LogP contribution in [0.2, 0.25) is 5.02 Å². The topological polar surface area (TPSA) is 71.1 Å². The number of nitrogens with zero attached hydrogens (tertiary/aromatic N) is 3. The van der Waals surface area contributed by atoms with Gasteiger partial charge in [-0.1, -0.05) is 35.9 Å². The summed E-state index contributed by atoms with van der Waals surface area (Å²) in [5, 5.41) is 0.620. The van der Waals surface area contributed by atoms with Crippen LogP contribution in [0.3, 0.4) is 0 Å². The molecule has 1 fully saturated rings. The Morgan fingerprint density at radius 1 is 1.32 bits per heavy atom. The fourth-order valence-corrected chi connectivity index (χ4v) is 4.89. The predicted molar refractivity (Wildman–Crippen MR) is 123 cm³/mol. The van der Waals surface area contributed by atoms with Gasteiger partial charge in [0.15, 0.2) is 0 Å². The molecule has 0 spiro atoms. The summed E-state index contributed by atoms with van der Waals surface area (Å²) in [5.41, 5.74) is 5.67. The van der Waals surface area contributed by atoms with Gasteiger partial charge in [-0.25, -0.2) is 9.97 Å². The smallest absolute Gasteiger partial charge is 0.274 e. The van der Waals surface area contributed by atoms with Crippen LogP contribution in [0.1, 0.15) is 28.8 Å². The molecule has 0 saturated carbocycles. The molecule has 156 valence electrons. The largest absolute Gasteiger partial charge is 0.497 e. The van der Waals surface area contributed by atoms with Crippen molar-refractivity contribution in [3.8, 4) is 16.2 Å². The first-order valence-corrected chi connectivity index (χ1v) is 11.0. The highest BCUT2D eigenvalue weighted by atomic mass is 35.5. The summed E-state index contributed by atoms with van der Waals surface area (Å²) >= 11 is 7.59. The Balaban J connectivity index is 1.51. The van der Waals surface area contributed by atoms with Gasteiger partial charge in [-0.2, -0.15) is 0 Å². The molecule has 3 heterocycles. The number of benzene rings is 2. The number of thiazole rings is 1. The number of aromatic amines is 1. The number of aromatic nitrogens is 3. The minimum absolute atomic E-state index is 0.141. The monoisotopic (exact) mass is 450 g/mol. The zero-order chi connectivity index (χ0) is 21.5. The third kappa shape index (κ3) is 3.60. The number of carbonyl (C=O) groups is 1. The summed E-state index contributed by atoms with van der Waals surface area (Å²) in [6.45, 7) is 4.60. The molecular formula is C23H19ClN4O2S. The number of fused-ring (bicyclic) bond motifs is 1. The van der Waals surface area contributed by atoms with Gasteiger partial charge >= 0.3 is 0 Å². The van der Waals surface area contributed by atoms with Crippen molar-refractivity contribution < 1.29 is 9.53 Å². The van der Waals surface area contributed by atoms with Crippen molar-refractivity contribution in [1.29, 1.82) is 0 Å². The molecule has 0 bridgehead atoms. The normalized spacial score (nSPS) is 16.3. The number of hydrogen-bond donors (Lipinski definition) is 1. The molecule has 0 radical (unpaired) electrons. The van der Waals surface area contributed by atoms with Gasteiger partial charge in [-0.05, 0) is 36.2 Å². The molecule has 1 N–H and O–H groups in total. The van der Waals surface area contributed by atoms with Gasteiger partial charge in [-0.3, -0.25) is 4.79 Å². The lowest BCUT2D eigenvalue weighted by Gasteiger charge is -2.22. The summed E-state index contributed by atoms with van der Waals surface area (Å²) in [5.74, 6) is 1.34. The molecule has 1 aliphatic rings. The number of imidazole rings is 1. The summed E-state index contributed by atoms with van der Waals surface area (Å²) in [7, 11) is 1.63. The van der Waals surface area contributed by atoms with Crippen LogP contribution in [-0.4, -0.2) is 39.4 Å². The van der Waals surface area contributed by atoms with Crippen LogP contribution in [0.15, 0.2) is 60.1 Å². The van der Waals surface area contributed by atoms with Gasteiger partial charge in [0.1, 0.15) is 17.3 Å². The van der Waals surface area contributed by atoms with E-state index < -0.39 is 0 Å². The van der Waals surface area contributed by atoms with Crippen LogP contribution in [0, 0.1) is 0 Å². The molecule has 31 heavy (non-hydrogen) atoms. The van der Waals surface area contributed by atoms with Crippen LogP contribution < -0.4 is 4.74 Å². The van der Waals surface area contributed by atoms with Crippen molar-refractivity contribution in [3.05, 3.63) is 76.7 Å².